The van der Waals surface area contributed by atoms with Gasteiger partial charge in [-0.15, -0.1) is 0 Å². The highest BCUT2D eigenvalue weighted by atomic mass is 16.3. The Morgan fingerprint density at radius 1 is 1.26 bits per heavy atom. The number of amides is 1. The Labute approximate surface area is 200 Å². The Kier molecular flexibility index (Phi) is 7.97. The van der Waals surface area contributed by atoms with Gasteiger partial charge in [0.25, 0.3) is 5.91 Å². The van der Waals surface area contributed by atoms with Crippen molar-refractivity contribution in [3.8, 4) is 0 Å². The molecule has 1 aromatic heterocycles. The zero-order valence-electron chi connectivity index (χ0n) is 19.8. The number of aromatic nitrogens is 2. The van der Waals surface area contributed by atoms with Gasteiger partial charge in [-0.1, -0.05) is 25.5 Å². The van der Waals surface area contributed by atoms with Crippen LogP contribution in [0.5, 0.6) is 0 Å². The van der Waals surface area contributed by atoms with Gasteiger partial charge in [0.1, 0.15) is 5.82 Å². The number of rotatable bonds is 10. The topological polar surface area (TPSA) is 128 Å². The number of carbonyl (C=O) groups excluding carboxylic acids is 1. The number of hydrogen-bond donors (Lipinski definition) is 5. The number of aliphatic hydroxyl groups excluding tert-OH is 1. The van der Waals surface area contributed by atoms with E-state index in [4.69, 9.17) is 5.73 Å². The molecule has 4 rings (SSSR count). The number of nitrogens with one attached hydrogen (secondary N) is 3. The lowest BCUT2D eigenvalue weighted by Crippen LogP contribution is -2.30. The molecule has 2 aliphatic heterocycles. The molecule has 1 saturated heterocycles. The molecule has 1 amide bonds. The van der Waals surface area contributed by atoms with Crippen molar-refractivity contribution in [2.24, 2.45) is 0 Å². The van der Waals surface area contributed by atoms with Gasteiger partial charge >= 0.3 is 0 Å². The molecule has 1 fully saturated rings. The Balaban J connectivity index is 1.37. The molecular weight excluding hydrogens is 430 g/mol. The second-order valence-electron chi connectivity index (χ2n) is 8.91. The number of nitrogens with two attached hydrogens (primary N) is 1. The van der Waals surface area contributed by atoms with Crippen LogP contribution in [0.3, 0.4) is 0 Å². The fourth-order valence-corrected chi connectivity index (χ4v) is 4.39. The number of anilines is 2. The maximum absolute atomic E-state index is 12.5. The standard InChI is InChI=1S/C25H35N7O2/c1-2-3-12-28-22-21-20(30-25(26)31-22)11-15-32(24(21)34)16-17-6-8-18(9-7-17)23(33)29-14-10-19-5-4-13-27-19/h6-9,11,15,19,24,27,34H,2-5,10,12-14,16H2,1H3,(H,29,33)(H3,26,28,30,31). The smallest absolute Gasteiger partial charge is 0.251 e. The molecule has 2 aromatic rings. The van der Waals surface area contributed by atoms with E-state index < -0.39 is 6.23 Å². The first-order valence-electron chi connectivity index (χ1n) is 12.2. The molecule has 3 heterocycles. The zero-order valence-corrected chi connectivity index (χ0v) is 19.8. The van der Waals surface area contributed by atoms with Gasteiger partial charge in [-0.25, -0.2) is 4.98 Å². The fourth-order valence-electron chi connectivity index (χ4n) is 4.39. The molecular formula is C25H35N7O2. The first-order valence-corrected chi connectivity index (χ1v) is 12.2. The van der Waals surface area contributed by atoms with Gasteiger partial charge < -0.3 is 31.7 Å². The van der Waals surface area contributed by atoms with Crippen LogP contribution in [0.15, 0.2) is 30.5 Å². The molecule has 182 valence electrons. The van der Waals surface area contributed by atoms with Crippen LogP contribution in [0.25, 0.3) is 6.08 Å². The number of unbranched alkanes of at least 4 members (excludes halogenated alkanes) is 1. The molecule has 6 N–H and O–H groups in total. The SMILES string of the molecule is CCCCNc1nc(N)nc2c1C(O)N(Cc1ccc(C(=O)NCCC3CCCN3)cc1)C=C2. The van der Waals surface area contributed by atoms with Gasteiger partial charge in [0.15, 0.2) is 6.23 Å². The van der Waals surface area contributed by atoms with Crippen molar-refractivity contribution in [3.05, 3.63) is 52.8 Å². The van der Waals surface area contributed by atoms with Crippen LogP contribution in [0.4, 0.5) is 11.8 Å². The van der Waals surface area contributed by atoms with E-state index in [1.54, 1.807) is 0 Å². The first kappa shape index (κ1) is 24.0. The average Bonchev–Trinajstić information content (AvgIpc) is 3.35. The van der Waals surface area contributed by atoms with Gasteiger partial charge in [-0.3, -0.25) is 4.79 Å². The number of carbonyl (C=O) groups is 1. The molecule has 0 bridgehead atoms. The van der Waals surface area contributed by atoms with Crippen LogP contribution in [-0.4, -0.2) is 51.6 Å². The summed E-state index contributed by atoms with van der Waals surface area (Å²) in [4.78, 5) is 22.9. The van der Waals surface area contributed by atoms with Crippen molar-refractivity contribution in [2.45, 2.75) is 57.8 Å². The summed E-state index contributed by atoms with van der Waals surface area (Å²) in [6, 6.07) is 8.01. The molecule has 2 unspecified atom stereocenters. The highest BCUT2D eigenvalue weighted by molar-refractivity contribution is 5.94. The third-order valence-corrected chi connectivity index (χ3v) is 6.33. The minimum absolute atomic E-state index is 0.0612. The Hall–Kier alpha value is -3.17. The van der Waals surface area contributed by atoms with E-state index in [-0.39, 0.29) is 11.9 Å². The molecule has 34 heavy (non-hydrogen) atoms. The average molecular weight is 466 g/mol. The predicted molar refractivity (Wildman–Crippen MR) is 134 cm³/mol. The van der Waals surface area contributed by atoms with E-state index in [9.17, 15) is 9.90 Å². The Bertz CT molecular complexity index is 1000. The van der Waals surface area contributed by atoms with Crippen molar-refractivity contribution in [1.82, 2.24) is 25.5 Å². The van der Waals surface area contributed by atoms with E-state index in [1.807, 2.05) is 41.4 Å². The summed E-state index contributed by atoms with van der Waals surface area (Å²) in [5.74, 6) is 0.683. The highest BCUT2D eigenvalue weighted by Gasteiger charge is 2.27. The van der Waals surface area contributed by atoms with Crippen molar-refractivity contribution in [3.63, 3.8) is 0 Å². The summed E-state index contributed by atoms with van der Waals surface area (Å²) < 4.78 is 0. The molecule has 1 aromatic carbocycles. The minimum Gasteiger partial charge on any atom is -0.370 e. The monoisotopic (exact) mass is 465 g/mol. The van der Waals surface area contributed by atoms with Gasteiger partial charge in [0.05, 0.1) is 11.3 Å². The van der Waals surface area contributed by atoms with E-state index in [0.29, 0.717) is 41.8 Å². The number of fused-ring (bicyclic) bond motifs is 1. The summed E-state index contributed by atoms with van der Waals surface area (Å²) in [6.45, 7) is 5.09. The van der Waals surface area contributed by atoms with Crippen LogP contribution >= 0.6 is 0 Å². The van der Waals surface area contributed by atoms with E-state index in [2.05, 4.69) is 32.8 Å². The van der Waals surface area contributed by atoms with Crippen LogP contribution in [0, 0.1) is 0 Å². The molecule has 9 nitrogen and oxygen atoms in total. The third-order valence-electron chi connectivity index (χ3n) is 6.33. The van der Waals surface area contributed by atoms with Crippen molar-refractivity contribution < 1.29 is 9.90 Å². The molecule has 2 aliphatic rings. The summed E-state index contributed by atoms with van der Waals surface area (Å²) in [5.41, 5.74) is 8.73. The second-order valence-corrected chi connectivity index (χ2v) is 8.91. The summed E-state index contributed by atoms with van der Waals surface area (Å²) >= 11 is 0. The van der Waals surface area contributed by atoms with Crippen molar-refractivity contribution in [2.75, 3.05) is 30.7 Å². The van der Waals surface area contributed by atoms with Crippen LogP contribution in [-0.2, 0) is 6.54 Å². The summed E-state index contributed by atoms with van der Waals surface area (Å²) in [5, 5.41) is 20.8. The first-order chi connectivity index (χ1) is 16.5. The molecule has 0 aliphatic carbocycles. The summed E-state index contributed by atoms with van der Waals surface area (Å²) in [6.07, 6.45) is 8.14. The third kappa shape index (κ3) is 5.84. The lowest BCUT2D eigenvalue weighted by atomic mass is 10.1. The Morgan fingerprint density at radius 3 is 2.82 bits per heavy atom. The van der Waals surface area contributed by atoms with Crippen LogP contribution in [0.1, 0.15) is 72.4 Å². The quantitative estimate of drug-likeness (QED) is 0.339. The van der Waals surface area contributed by atoms with E-state index in [0.717, 1.165) is 37.9 Å². The van der Waals surface area contributed by atoms with Gasteiger partial charge in [-0.05, 0) is 56.0 Å². The minimum atomic E-state index is -0.906. The number of benzene rings is 1. The maximum atomic E-state index is 12.5. The molecule has 9 heteroatoms. The molecule has 0 radical (unpaired) electrons. The number of hydrogen-bond acceptors (Lipinski definition) is 8. The largest absolute Gasteiger partial charge is 0.370 e. The normalized spacial score (nSPS) is 19.2. The lowest BCUT2D eigenvalue weighted by Gasteiger charge is -2.32. The van der Waals surface area contributed by atoms with Gasteiger partial charge in [0.2, 0.25) is 5.95 Å². The number of aliphatic hydroxyl groups is 1. The van der Waals surface area contributed by atoms with Gasteiger partial charge in [0, 0.05) is 37.4 Å². The lowest BCUT2D eigenvalue weighted by molar-refractivity contribution is 0.0296. The van der Waals surface area contributed by atoms with Crippen LogP contribution < -0.4 is 21.7 Å². The number of nitrogen functional groups attached to an aromatic ring is 1. The van der Waals surface area contributed by atoms with E-state index >= 15 is 0 Å². The highest BCUT2D eigenvalue weighted by Crippen LogP contribution is 2.33. The van der Waals surface area contributed by atoms with Gasteiger partial charge in [-0.2, -0.15) is 4.98 Å². The van der Waals surface area contributed by atoms with Crippen LogP contribution in [0.2, 0.25) is 0 Å². The zero-order chi connectivity index (χ0) is 23.9. The molecule has 2 atom stereocenters. The molecule has 0 spiro atoms. The Morgan fingerprint density at radius 2 is 2.09 bits per heavy atom. The van der Waals surface area contributed by atoms with Crippen molar-refractivity contribution >= 4 is 23.7 Å². The fraction of sp³-hybridized carbons (Fsp3) is 0.480. The maximum Gasteiger partial charge on any atom is 0.251 e. The molecule has 0 saturated carbocycles. The van der Waals surface area contributed by atoms with E-state index in [1.165, 1.54) is 12.8 Å². The number of nitrogens with zero attached hydrogens (tertiary/aromatic N) is 3. The second kappa shape index (κ2) is 11.3. The predicted octanol–water partition coefficient (Wildman–Crippen LogP) is 2.62. The summed E-state index contributed by atoms with van der Waals surface area (Å²) in [7, 11) is 0. The van der Waals surface area contributed by atoms with Crippen molar-refractivity contribution in [1.29, 1.82) is 0 Å².